The Morgan fingerprint density at radius 1 is 0.896 bits per heavy atom. The zero-order chi connectivity index (χ0) is 33.6. The first kappa shape index (κ1) is 30.3. The molecule has 9 heteroatoms. The third-order valence-electron chi connectivity index (χ3n) is 11.1. The Morgan fingerprint density at radius 2 is 1.62 bits per heavy atom. The Balaban J connectivity index is 1.29. The van der Waals surface area contributed by atoms with E-state index in [1.165, 1.54) is 17.0 Å². The second kappa shape index (κ2) is 10.7. The van der Waals surface area contributed by atoms with Gasteiger partial charge in [-0.25, -0.2) is 9.29 Å². The van der Waals surface area contributed by atoms with E-state index in [2.05, 4.69) is 6.58 Å². The van der Waals surface area contributed by atoms with E-state index in [1.807, 2.05) is 30.3 Å². The first-order chi connectivity index (χ1) is 23.1. The Hall–Kier alpha value is -5.08. The van der Waals surface area contributed by atoms with Gasteiger partial charge in [0.1, 0.15) is 11.6 Å². The molecule has 0 bridgehead atoms. The Labute approximate surface area is 280 Å². The number of phenols is 1. The number of carbonyl (C=O) groups is 4. The molecule has 0 radical (unpaired) electrons. The molecule has 4 amide bonds. The quantitative estimate of drug-likeness (QED) is 0.182. The number of amides is 4. The van der Waals surface area contributed by atoms with Gasteiger partial charge in [-0.05, 0) is 67.0 Å². The number of carbonyl (C=O) groups excluding carboxylic acids is 4. The van der Waals surface area contributed by atoms with Crippen LogP contribution < -0.4 is 9.80 Å². The molecule has 4 aromatic rings. The molecule has 1 N–H and O–H groups in total. The van der Waals surface area contributed by atoms with E-state index >= 15 is 0 Å². The lowest BCUT2D eigenvalue weighted by molar-refractivity contribution is -0.131. The largest absolute Gasteiger partial charge is 0.507 e. The number of imide groups is 2. The zero-order valence-electron chi connectivity index (χ0n) is 25.9. The van der Waals surface area contributed by atoms with Gasteiger partial charge in [-0.3, -0.25) is 24.1 Å². The predicted octanol–water partition coefficient (Wildman–Crippen LogP) is 7.42. The number of phenolic OH excluding ortho intramolecular Hbond substituents is 1. The van der Waals surface area contributed by atoms with Crippen LogP contribution in [-0.2, 0) is 19.2 Å². The second-order valence-corrected chi connectivity index (χ2v) is 13.7. The van der Waals surface area contributed by atoms with Crippen molar-refractivity contribution in [3.05, 3.63) is 119 Å². The maximum Gasteiger partial charge on any atom is 0.241 e. The lowest BCUT2D eigenvalue weighted by Crippen LogP contribution is -2.48. The van der Waals surface area contributed by atoms with Gasteiger partial charge in [-0.2, -0.15) is 0 Å². The van der Waals surface area contributed by atoms with Crippen LogP contribution in [0.4, 0.5) is 15.8 Å². The molecule has 4 aromatic carbocycles. The summed E-state index contributed by atoms with van der Waals surface area (Å²) < 4.78 is 14.2. The summed E-state index contributed by atoms with van der Waals surface area (Å²) in [6, 6.07) is 21.7. The first-order valence-corrected chi connectivity index (χ1v) is 16.3. The lowest BCUT2D eigenvalue weighted by Gasteiger charge is -2.49. The Kier molecular flexibility index (Phi) is 6.76. The number of nitrogens with zero attached hydrogens (tertiary/aromatic N) is 2. The minimum atomic E-state index is -1.38. The summed E-state index contributed by atoms with van der Waals surface area (Å²) in [5.74, 6) is -6.01. The monoisotopic (exact) mass is 660 g/mol. The summed E-state index contributed by atoms with van der Waals surface area (Å²) >= 11 is 6.10. The van der Waals surface area contributed by atoms with Gasteiger partial charge in [-0.15, -0.1) is 0 Å². The molecular weight excluding hydrogens is 631 g/mol. The van der Waals surface area contributed by atoms with Crippen molar-refractivity contribution in [2.75, 3.05) is 9.80 Å². The highest BCUT2D eigenvalue weighted by molar-refractivity contribution is 6.32. The third-order valence-corrected chi connectivity index (χ3v) is 11.4. The fourth-order valence-electron chi connectivity index (χ4n) is 8.75. The zero-order valence-corrected chi connectivity index (χ0v) is 26.7. The molecule has 2 heterocycles. The fraction of sp³-hybridized carbons (Fsp3) is 0.231. The summed E-state index contributed by atoms with van der Waals surface area (Å²) in [5, 5.41) is 13.0. The van der Waals surface area contributed by atoms with Crippen LogP contribution in [0.5, 0.6) is 5.75 Å². The topological polar surface area (TPSA) is 95.0 Å². The van der Waals surface area contributed by atoms with Gasteiger partial charge < -0.3 is 5.11 Å². The van der Waals surface area contributed by atoms with Gasteiger partial charge in [-0.1, -0.05) is 84.4 Å². The SMILES string of the molecule is C=Cc1ccc(N2C(=O)[C@H]3[C@H](CC=C4[C@H]3C[C@H]3C(=O)N(c5ccc(F)c(Cl)c5)C(=O)[C@@]3(C)[C@H]4c3ccc4ccccc4c3O)C2=O)cc1. The van der Waals surface area contributed by atoms with Gasteiger partial charge in [0.2, 0.25) is 23.6 Å². The van der Waals surface area contributed by atoms with Crippen LogP contribution in [0.1, 0.15) is 36.8 Å². The van der Waals surface area contributed by atoms with E-state index in [-0.39, 0.29) is 41.1 Å². The predicted molar refractivity (Wildman–Crippen MR) is 181 cm³/mol. The lowest BCUT2D eigenvalue weighted by atomic mass is 9.51. The van der Waals surface area contributed by atoms with Crippen LogP contribution in [0.15, 0.2) is 97.1 Å². The van der Waals surface area contributed by atoms with Crippen molar-refractivity contribution in [2.45, 2.75) is 25.7 Å². The van der Waals surface area contributed by atoms with E-state index in [0.717, 1.165) is 27.5 Å². The van der Waals surface area contributed by atoms with E-state index < -0.39 is 52.6 Å². The van der Waals surface area contributed by atoms with E-state index in [9.17, 15) is 28.7 Å². The van der Waals surface area contributed by atoms with Gasteiger partial charge in [0.25, 0.3) is 0 Å². The minimum absolute atomic E-state index is 0.0111. The summed E-state index contributed by atoms with van der Waals surface area (Å²) in [5.41, 5.74) is 1.29. The number of allylic oxidation sites excluding steroid dienone is 2. The van der Waals surface area contributed by atoms with Crippen LogP contribution in [0.3, 0.4) is 0 Å². The summed E-state index contributed by atoms with van der Waals surface area (Å²) in [6.07, 6.45) is 4.04. The third kappa shape index (κ3) is 4.05. The summed E-state index contributed by atoms with van der Waals surface area (Å²) in [4.78, 5) is 59.6. The molecule has 48 heavy (non-hydrogen) atoms. The maximum atomic E-state index is 14.7. The average Bonchev–Trinajstić information content (AvgIpc) is 3.46. The molecule has 0 unspecified atom stereocenters. The van der Waals surface area contributed by atoms with Gasteiger partial charge in [0.05, 0.1) is 39.6 Å². The number of hydrogen-bond acceptors (Lipinski definition) is 5. The molecule has 0 spiro atoms. The number of rotatable bonds is 4. The van der Waals surface area contributed by atoms with E-state index in [0.29, 0.717) is 16.6 Å². The molecule has 3 fully saturated rings. The molecule has 2 aliphatic heterocycles. The van der Waals surface area contributed by atoms with Crippen LogP contribution in [0, 0.1) is 34.9 Å². The number of halogens is 2. The molecule has 6 atom stereocenters. The molecule has 4 aliphatic rings. The van der Waals surface area contributed by atoms with Crippen molar-refractivity contribution in [2.24, 2.45) is 29.1 Å². The van der Waals surface area contributed by atoms with Crippen molar-refractivity contribution < 1.29 is 28.7 Å². The number of hydrogen-bond donors (Lipinski definition) is 1. The maximum absolute atomic E-state index is 14.7. The number of aromatic hydroxyl groups is 1. The molecule has 7 nitrogen and oxygen atoms in total. The molecule has 8 rings (SSSR count). The smallest absolute Gasteiger partial charge is 0.241 e. The second-order valence-electron chi connectivity index (χ2n) is 13.3. The summed E-state index contributed by atoms with van der Waals surface area (Å²) in [6.45, 7) is 5.51. The molecule has 0 aromatic heterocycles. The van der Waals surface area contributed by atoms with Crippen LogP contribution in [-0.4, -0.2) is 28.7 Å². The van der Waals surface area contributed by atoms with Gasteiger partial charge in [0, 0.05) is 16.9 Å². The average molecular weight is 661 g/mol. The molecule has 1 saturated carbocycles. The van der Waals surface area contributed by atoms with Crippen molar-refractivity contribution in [3.8, 4) is 5.75 Å². The molecule has 240 valence electrons. The van der Waals surface area contributed by atoms with Crippen LogP contribution >= 0.6 is 11.6 Å². The van der Waals surface area contributed by atoms with E-state index in [4.69, 9.17) is 11.6 Å². The minimum Gasteiger partial charge on any atom is -0.507 e. The van der Waals surface area contributed by atoms with Crippen LogP contribution in [0.25, 0.3) is 16.8 Å². The standard InChI is InChI=1S/C39H30ClFN2O5/c1-3-20-8-11-22(12-9-20)42-35(45)26-16-15-25-28(32(26)37(42)47)19-29-36(46)43(23-13-17-31(41)30(40)18-23)38(48)39(29,2)33(25)27-14-10-21-6-4-5-7-24(21)34(27)44/h3-15,17-18,26,28-29,32-33,44H,1,16,19H2,2H3/t26-,28+,29-,32-,33+,39+/m0/s1. The first-order valence-electron chi connectivity index (χ1n) is 15.9. The highest BCUT2D eigenvalue weighted by Gasteiger charge is 2.68. The number of benzene rings is 4. The highest BCUT2D eigenvalue weighted by atomic mass is 35.5. The van der Waals surface area contributed by atoms with Gasteiger partial charge >= 0.3 is 0 Å². The summed E-state index contributed by atoms with van der Waals surface area (Å²) in [7, 11) is 0. The normalized spacial score (nSPS) is 28.0. The number of anilines is 2. The molecule has 2 aliphatic carbocycles. The molecular formula is C39H30ClFN2O5. The van der Waals surface area contributed by atoms with Crippen molar-refractivity contribution in [1.29, 1.82) is 0 Å². The number of fused-ring (bicyclic) bond motifs is 5. The van der Waals surface area contributed by atoms with Crippen molar-refractivity contribution >= 4 is 63.5 Å². The highest BCUT2D eigenvalue weighted by Crippen LogP contribution is 2.64. The van der Waals surface area contributed by atoms with E-state index in [1.54, 1.807) is 49.4 Å². The fourth-order valence-corrected chi connectivity index (χ4v) is 8.92. The van der Waals surface area contributed by atoms with Crippen LogP contribution in [0.2, 0.25) is 5.02 Å². The van der Waals surface area contributed by atoms with Crippen molar-refractivity contribution in [3.63, 3.8) is 0 Å². The Bertz CT molecular complexity index is 2140. The van der Waals surface area contributed by atoms with Gasteiger partial charge in [0.15, 0.2) is 0 Å². The Morgan fingerprint density at radius 3 is 2.35 bits per heavy atom. The molecule has 2 saturated heterocycles. The van der Waals surface area contributed by atoms with Crippen molar-refractivity contribution in [1.82, 2.24) is 0 Å².